The Kier molecular flexibility index (Phi) is 8.28. The van der Waals surface area contributed by atoms with Crippen LogP contribution in [0.4, 0.5) is 0 Å². The molecule has 0 bridgehead atoms. The van der Waals surface area contributed by atoms with Crippen LogP contribution in [0.5, 0.6) is 0 Å². The van der Waals surface area contributed by atoms with Gasteiger partial charge in [0, 0.05) is 32.7 Å². The summed E-state index contributed by atoms with van der Waals surface area (Å²) in [7, 11) is 5.94. The first-order valence-electron chi connectivity index (χ1n) is 9.50. The molecule has 0 saturated carbocycles. The van der Waals surface area contributed by atoms with Crippen LogP contribution in [0.25, 0.3) is 0 Å². The Hall–Kier alpha value is -1.53. The van der Waals surface area contributed by atoms with Crippen molar-refractivity contribution >= 4 is 5.96 Å². The van der Waals surface area contributed by atoms with Crippen molar-refractivity contribution in [2.24, 2.45) is 4.99 Å². The third-order valence-electron chi connectivity index (χ3n) is 5.04. The van der Waals surface area contributed by atoms with Gasteiger partial charge in [-0.3, -0.25) is 9.89 Å². The fraction of sp³-hybridized carbons (Fsp3) is 0.737. The second kappa shape index (κ2) is 10.5. The number of nitrogens with zero attached hydrogens (tertiary/aromatic N) is 3. The van der Waals surface area contributed by atoms with E-state index < -0.39 is 0 Å². The highest BCUT2D eigenvalue weighted by Crippen LogP contribution is 2.17. The summed E-state index contributed by atoms with van der Waals surface area (Å²) < 4.78 is 5.55. The monoisotopic (exact) mass is 349 g/mol. The summed E-state index contributed by atoms with van der Waals surface area (Å²) in [6.45, 7) is 6.46. The maximum absolute atomic E-state index is 5.55. The van der Waals surface area contributed by atoms with Gasteiger partial charge in [0.25, 0.3) is 0 Å². The van der Waals surface area contributed by atoms with E-state index >= 15 is 0 Å². The lowest BCUT2D eigenvalue weighted by Crippen LogP contribution is -2.43. The van der Waals surface area contributed by atoms with E-state index in [2.05, 4.69) is 46.4 Å². The first kappa shape index (κ1) is 19.8. The lowest BCUT2D eigenvalue weighted by Gasteiger charge is -2.33. The van der Waals surface area contributed by atoms with Crippen LogP contribution in [0.3, 0.4) is 0 Å². The average Bonchev–Trinajstić information content (AvgIpc) is 3.12. The largest absolute Gasteiger partial charge is 0.468 e. The molecule has 2 rings (SSSR count). The van der Waals surface area contributed by atoms with Crippen LogP contribution in [0.15, 0.2) is 27.8 Å². The number of rotatable bonds is 8. The molecule has 6 nitrogen and oxygen atoms in total. The van der Waals surface area contributed by atoms with Gasteiger partial charge in [0.15, 0.2) is 5.96 Å². The van der Waals surface area contributed by atoms with Gasteiger partial charge in [0.05, 0.1) is 12.3 Å². The van der Waals surface area contributed by atoms with Gasteiger partial charge in [-0.25, -0.2) is 0 Å². The summed E-state index contributed by atoms with van der Waals surface area (Å²) in [5.74, 6) is 1.82. The third kappa shape index (κ3) is 6.36. The molecule has 0 radical (unpaired) electrons. The topological polar surface area (TPSA) is 56.0 Å². The maximum atomic E-state index is 5.55. The minimum atomic E-state index is 0.183. The van der Waals surface area contributed by atoms with Crippen LogP contribution in [0.2, 0.25) is 0 Å². The molecule has 2 N–H and O–H groups in total. The van der Waals surface area contributed by atoms with Gasteiger partial charge in [-0.2, -0.15) is 0 Å². The molecule has 1 fully saturated rings. The van der Waals surface area contributed by atoms with Crippen LogP contribution >= 0.6 is 0 Å². The summed E-state index contributed by atoms with van der Waals surface area (Å²) >= 11 is 0. The van der Waals surface area contributed by atoms with Crippen LogP contribution in [0.1, 0.15) is 44.4 Å². The van der Waals surface area contributed by atoms with Gasteiger partial charge < -0.3 is 20.0 Å². The predicted molar refractivity (Wildman–Crippen MR) is 104 cm³/mol. The maximum Gasteiger partial charge on any atom is 0.191 e. The predicted octanol–water partition coefficient (Wildman–Crippen LogP) is 2.31. The molecule has 0 aromatic carbocycles. The highest BCUT2D eigenvalue weighted by Gasteiger charge is 2.18. The summed E-state index contributed by atoms with van der Waals surface area (Å²) in [6, 6.07) is 4.87. The smallest absolute Gasteiger partial charge is 0.191 e. The van der Waals surface area contributed by atoms with E-state index in [1.165, 1.54) is 25.8 Å². The summed E-state index contributed by atoms with van der Waals surface area (Å²) in [5.41, 5.74) is 0. The molecular formula is C19H35N5O. The Bertz CT molecular complexity index is 500. The first-order valence-corrected chi connectivity index (χ1v) is 9.50. The van der Waals surface area contributed by atoms with Gasteiger partial charge in [-0.15, -0.1) is 0 Å². The number of guanidine groups is 1. The molecule has 1 aromatic heterocycles. The Balaban J connectivity index is 1.69. The molecule has 6 heteroatoms. The second-order valence-corrected chi connectivity index (χ2v) is 7.11. The zero-order chi connectivity index (χ0) is 18.1. The van der Waals surface area contributed by atoms with Crippen molar-refractivity contribution in [3.8, 4) is 0 Å². The van der Waals surface area contributed by atoms with Crippen LogP contribution < -0.4 is 10.6 Å². The minimum Gasteiger partial charge on any atom is -0.468 e. The van der Waals surface area contributed by atoms with E-state index in [9.17, 15) is 0 Å². The van der Waals surface area contributed by atoms with Crippen molar-refractivity contribution in [3.63, 3.8) is 0 Å². The second-order valence-electron chi connectivity index (χ2n) is 7.11. The number of piperidine rings is 1. The standard InChI is InChI=1S/C19H35N5O/c1-16-9-5-6-12-24(16)13-8-11-21-19(20-2)22-15-17(23(3)4)18-10-7-14-25-18/h7,10,14,16-17H,5-6,8-9,11-13,15H2,1-4H3,(H2,20,21,22). The van der Waals surface area contributed by atoms with Crippen LogP contribution in [-0.4, -0.2) is 69.1 Å². The van der Waals surface area contributed by atoms with Gasteiger partial charge >= 0.3 is 0 Å². The quantitative estimate of drug-likeness (QED) is 0.428. The molecule has 25 heavy (non-hydrogen) atoms. The van der Waals surface area contributed by atoms with Crippen molar-refractivity contribution in [3.05, 3.63) is 24.2 Å². The van der Waals surface area contributed by atoms with E-state index in [0.29, 0.717) is 0 Å². The van der Waals surface area contributed by atoms with Crippen molar-refractivity contribution in [2.75, 3.05) is 47.3 Å². The van der Waals surface area contributed by atoms with E-state index in [0.717, 1.165) is 43.8 Å². The zero-order valence-electron chi connectivity index (χ0n) is 16.3. The summed E-state index contributed by atoms with van der Waals surface area (Å²) in [4.78, 5) is 9.09. The Morgan fingerprint density at radius 2 is 2.24 bits per heavy atom. The van der Waals surface area contributed by atoms with Crippen molar-refractivity contribution in [2.45, 2.75) is 44.7 Å². The number of furan rings is 1. The molecule has 0 aliphatic carbocycles. The number of aliphatic imine (C=N–C) groups is 1. The van der Waals surface area contributed by atoms with E-state index in [-0.39, 0.29) is 6.04 Å². The van der Waals surface area contributed by atoms with Gasteiger partial charge in [-0.05, 0) is 59.0 Å². The molecule has 0 spiro atoms. The number of hydrogen-bond acceptors (Lipinski definition) is 4. The van der Waals surface area contributed by atoms with Crippen LogP contribution in [-0.2, 0) is 0 Å². The molecule has 142 valence electrons. The Labute approximate surface area is 152 Å². The lowest BCUT2D eigenvalue weighted by atomic mass is 10.0. The first-order chi connectivity index (χ1) is 12.1. The fourth-order valence-electron chi connectivity index (χ4n) is 3.41. The molecule has 0 amide bonds. The number of likely N-dealkylation sites (tertiary alicyclic amines) is 1. The summed E-state index contributed by atoms with van der Waals surface area (Å²) in [5, 5.41) is 6.84. The molecule has 1 aliphatic heterocycles. The fourth-order valence-corrected chi connectivity index (χ4v) is 3.41. The number of likely N-dealkylation sites (N-methyl/N-ethyl adjacent to an activating group) is 1. The highest BCUT2D eigenvalue weighted by atomic mass is 16.3. The minimum absolute atomic E-state index is 0.183. The Morgan fingerprint density at radius 3 is 2.88 bits per heavy atom. The van der Waals surface area contributed by atoms with E-state index in [1.54, 1.807) is 6.26 Å². The molecule has 1 aliphatic rings. The lowest BCUT2D eigenvalue weighted by molar-refractivity contribution is 0.159. The van der Waals surface area contributed by atoms with Crippen LogP contribution in [0, 0.1) is 0 Å². The molecule has 2 unspecified atom stereocenters. The Morgan fingerprint density at radius 1 is 1.40 bits per heavy atom. The molecule has 1 saturated heterocycles. The third-order valence-corrected chi connectivity index (χ3v) is 5.04. The molecule has 1 aromatic rings. The normalized spacial score (nSPS) is 20.7. The van der Waals surface area contributed by atoms with E-state index in [4.69, 9.17) is 4.42 Å². The highest BCUT2D eigenvalue weighted by molar-refractivity contribution is 5.79. The van der Waals surface area contributed by atoms with Gasteiger partial charge in [0.1, 0.15) is 5.76 Å². The van der Waals surface area contributed by atoms with Gasteiger partial charge in [-0.1, -0.05) is 6.42 Å². The molecule has 2 heterocycles. The van der Waals surface area contributed by atoms with Crippen molar-refractivity contribution in [1.29, 1.82) is 0 Å². The van der Waals surface area contributed by atoms with Crippen molar-refractivity contribution < 1.29 is 4.42 Å². The summed E-state index contributed by atoms with van der Waals surface area (Å²) in [6.07, 6.45) is 6.94. The molecular weight excluding hydrogens is 314 g/mol. The zero-order valence-corrected chi connectivity index (χ0v) is 16.3. The van der Waals surface area contributed by atoms with Crippen molar-refractivity contribution in [1.82, 2.24) is 20.4 Å². The van der Waals surface area contributed by atoms with E-state index in [1.807, 2.05) is 19.2 Å². The average molecular weight is 350 g/mol. The van der Waals surface area contributed by atoms with Gasteiger partial charge in [0.2, 0.25) is 0 Å². The number of nitrogens with one attached hydrogen (secondary N) is 2. The molecule has 2 atom stereocenters. The SMILES string of the molecule is CN=C(NCCCN1CCCCC1C)NCC(c1ccco1)N(C)C. The number of hydrogen-bond donors (Lipinski definition) is 2.